The molecule has 0 aromatic carbocycles. The number of nitrogens with zero attached hydrogens (tertiary/aromatic N) is 2. The van der Waals surface area contributed by atoms with E-state index in [4.69, 9.17) is 5.73 Å². The molecule has 0 aliphatic carbocycles. The highest BCUT2D eigenvalue weighted by Gasteiger charge is 2.34. The van der Waals surface area contributed by atoms with Gasteiger partial charge < -0.3 is 10.6 Å². The summed E-state index contributed by atoms with van der Waals surface area (Å²) in [6.07, 6.45) is 5.78. The average molecular weight is 312 g/mol. The Morgan fingerprint density at radius 1 is 1.56 bits per heavy atom. The highest BCUT2D eigenvalue weighted by Crippen LogP contribution is 2.31. The molecule has 1 fully saturated rings. The summed E-state index contributed by atoms with van der Waals surface area (Å²) >= 11 is 3.42. The number of nitrogens with two attached hydrogens (primary N) is 1. The fraction of sp³-hybridized carbons (Fsp3) is 0.538. The van der Waals surface area contributed by atoms with Crippen LogP contribution < -0.4 is 5.73 Å². The van der Waals surface area contributed by atoms with E-state index in [0.717, 1.165) is 29.4 Å². The molecule has 1 amide bonds. The summed E-state index contributed by atoms with van der Waals surface area (Å²) in [5.41, 5.74) is 7.22. The second-order valence-corrected chi connectivity index (χ2v) is 5.59. The molecular formula is C13H18BrN3O. The van der Waals surface area contributed by atoms with Crippen molar-refractivity contribution in [3.63, 3.8) is 0 Å². The lowest BCUT2D eigenvalue weighted by Gasteiger charge is -2.39. The van der Waals surface area contributed by atoms with Crippen molar-refractivity contribution in [3.05, 3.63) is 28.5 Å². The van der Waals surface area contributed by atoms with Crippen molar-refractivity contribution < 1.29 is 4.79 Å². The van der Waals surface area contributed by atoms with Crippen LogP contribution in [0, 0.1) is 0 Å². The number of carbonyl (C=O) groups excluding carboxylic acids is 1. The van der Waals surface area contributed by atoms with Gasteiger partial charge >= 0.3 is 0 Å². The molecule has 1 aromatic heterocycles. The first-order chi connectivity index (χ1) is 8.63. The molecule has 2 heterocycles. The van der Waals surface area contributed by atoms with Gasteiger partial charge in [0, 0.05) is 35.9 Å². The molecule has 2 N–H and O–H groups in total. The normalized spacial score (nSPS) is 24.4. The molecule has 4 nitrogen and oxygen atoms in total. The Kier molecular flexibility index (Phi) is 4.35. The van der Waals surface area contributed by atoms with Crippen molar-refractivity contribution in [2.24, 2.45) is 5.73 Å². The highest BCUT2D eigenvalue weighted by molar-refractivity contribution is 9.10. The summed E-state index contributed by atoms with van der Waals surface area (Å²) < 4.78 is 0.918. The van der Waals surface area contributed by atoms with Crippen molar-refractivity contribution >= 4 is 21.8 Å². The summed E-state index contributed by atoms with van der Waals surface area (Å²) in [5, 5.41) is 0. The average Bonchev–Trinajstić information content (AvgIpc) is 2.34. The molecule has 0 spiro atoms. The van der Waals surface area contributed by atoms with Crippen LogP contribution in [0.2, 0.25) is 0 Å². The number of halogens is 1. The monoisotopic (exact) mass is 311 g/mol. The Balaban J connectivity index is 2.33. The fourth-order valence-corrected chi connectivity index (χ4v) is 2.88. The van der Waals surface area contributed by atoms with Crippen molar-refractivity contribution in [1.82, 2.24) is 9.88 Å². The van der Waals surface area contributed by atoms with Gasteiger partial charge in [-0.1, -0.05) is 6.92 Å². The first-order valence-electron chi connectivity index (χ1n) is 6.29. The van der Waals surface area contributed by atoms with Gasteiger partial charge in [0.25, 0.3) is 0 Å². The van der Waals surface area contributed by atoms with Crippen LogP contribution >= 0.6 is 15.9 Å². The second-order valence-electron chi connectivity index (χ2n) is 4.67. The summed E-state index contributed by atoms with van der Waals surface area (Å²) in [7, 11) is 0. The van der Waals surface area contributed by atoms with Gasteiger partial charge in [0.05, 0.1) is 6.04 Å². The van der Waals surface area contributed by atoms with E-state index < -0.39 is 0 Å². The van der Waals surface area contributed by atoms with E-state index in [0.29, 0.717) is 6.42 Å². The number of aromatic nitrogens is 1. The van der Waals surface area contributed by atoms with Gasteiger partial charge in [0.15, 0.2) is 0 Å². The maximum atomic E-state index is 12.0. The van der Waals surface area contributed by atoms with E-state index in [2.05, 4.69) is 27.8 Å². The minimum absolute atomic E-state index is 0.00894. The number of rotatable bonds is 3. The molecule has 2 unspecified atom stereocenters. The maximum absolute atomic E-state index is 12.0. The summed E-state index contributed by atoms with van der Waals surface area (Å²) in [5.74, 6) is 0.198. The standard InChI is InChI=1S/C13H18BrN3O/c1-2-5-17-12(18)4-3-11(15)13(17)9-6-10(14)8-16-7-9/h6-8,11,13H,2-5,15H2,1H3. The topological polar surface area (TPSA) is 59.2 Å². The van der Waals surface area contributed by atoms with E-state index in [1.54, 1.807) is 12.4 Å². The summed E-state index contributed by atoms with van der Waals surface area (Å²) in [4.78, 5) is 18.1. The molecule has 98 valence electrons. The van der Waals surface area contributed by atoms with Crippen LogP contribution in [-0.4, -0.2) is 28.4 Å². The molecule has 0 saturated carbocycles. The zero-order valence-corrected chi connectivity index (χ0v) is 12.1. The Morgan fingerprint density at radius 2 is 2.33 bits per heavy atom. The molecule has 1 aliphatic rings. The van der Waals surface area contributed by atoms with Crippen molar-refractivity contribution in [1.29, 1.82) is 0 Å². The molecule has 2 rings (SSSR count). The molecule has 18 heavy (non-hydrogen) atoms. The van der Waals surface area contributed by atoms with Crippen LogP contribution in [0.3, 0.4) is 0 Å². The second kappa shape index (κ2) is 5.80. The lowest BCUT2D eigenvalue weighted by molar-refractivity contribution is -0.137. The lowest BCUT2D eigenvalue weighted by atomic mass is 9.91. The number of hydrogen-bond donors (Lipinski definition) is 1. The Morgan fingerprint density at radius 3 is 3.00 bits per heavy atom. The van der Waals surface area contributed by atoms with Gasteiger partial charge in [-0.15, -0.1) is 0 Å². The summed E-state index contributed by atoms with van der Waals surface area (Å²) in [6.45, 7) is 2.83. The predicted molar refractivity (Wildman–Crippen MR) is 73.9 cm³/mol. The van der Waals surface area contributed by atoms with Gasteiger partial charge in [-0.05, 0) is 40.4 Å². The summed E-state index contributed by atoms with van der Waals surface area (Å²) in [6, 6.07) is 1.94. The van der Waals surface area contributed by atoms with E-state index in [9.17, 15) is 4.79 Å². The molecule has 5 heteroatoms. The largest absolute Gasteiger partial charge is 0.334 e. The number of hydrogen-bond acceptors (Lipinski definition) is 3. The van der Waals surface area contributed by atoms with Crippen LogP contribution in [0.4, 0.5) is 0 Å². The molecule has 0 radical (unpaired) electrons. The first kappa shape index (κ1) is 13.5. The zero-order valence-electron chi connectivity index (χ0n) is 10.5. The van der Waals surface area contributed by atoms with Crippen LogP contribution in [0.5, 0.6) is 0 Å². The van der Waals surface area contributed by atoms with Gasteiger partial charge in [-0.2, -0.15) is 0 Å². The van der Waals surface area contributed by atoms with Crippen molar-refractivity contribution in [2.75, 3.05) is 6.54 Å². The van der Waals surface area contributed by atoms with Crippen LogP contribution in [0.15, 0.2) is 22.9 Å². The Labute approximate surface area is 116 Å². The van der Waals surface area contributed by atoms with E-state index in [-0.39, 0.29) is 18.0 Å². The van der Waals surface area contributed by atoms with E-state index in [1.165, 1.54) is 0 Å². The molecule has 1 saturated heterocycles. The van der Waals surface area contributed by atoms with Crippen LogP contribution in [0.25, 0.3) is 0 Å². The minimum Gasteiger partial charge on any atom is -0.334 e. The van der Waals surface area contributed by atoms with Crippen molar-refractivity contribution in [3.8, 4) is 0 Å². The van der Waals surface area contributed by atoms with Crippen LogP contribution in [-0.2, 0) is 4.79 Å². The Hall–Kier alpha value is -0.940. The number of likely N-dealkylation sites (tertiary alicyclic amines) is 1. The van der Waals surface area contributed by atoms with Crippen molar-refractivity contribution in [2.45, 2.75) is 38.3 Å². The predicted octanol–water partition coefficient (Wildman–Crippen LogP) is 2.24. The van der Waals surface area contributed by atoms with Gasteiger partial charge in [0.2, 0.25) is 5.91 Å². The molecule has 1 aliphatic heterocycles. The van der Waals surface area contributed by atoms with E-state index >= 15 is 0 Å². The SMILES string of the molecule is CCCN1C(=O)CCC(N)C1c1cncc(Br)c1. The fourth-order valence-electron chi connectivity index (χ4n) is 2.50. The molecule has 2 atom stereocenters. The maximum Gasteiger partial charge on any atom is 0.223 e. The third-order valence-electron chi connectivity index (χ3n) is 3.29. The van der Waals surface area contributed by atoms with E-state index in [1.807, 2.05) is 11.0 Å². The number of carbonyl (C=O) groups is 1. The van der Waals surface area contributed by atoms with Gasteiger partial charge in [0.1, 0.15) is 0 Å². The highest BCUT2D eigenvalue weighted by atomic mass is 79.9. The lowest BCUT2D eigenvalue weighted by Crippen LogP contribution is -2.49. The minimum atomic E-state index is -0.0452. The molecule has 1 aromatic rings. The number of pyridine rings is 1. The smallest absolute Gasteiger partial charge is 0.223 e. The first-order valence-corrected chi connectivity index (χ1v) is 7.08. The number of amides is 1. The van der Waals surface area contributed by atoms with Crippen LogP contribution in [0.1, 0.15) is 37.8 Å². The quantitative estimate of drug-likeness (QED) is 0.931. The molecular weight excluding hydrogens is 294 g/mol. The van der Waals surface area contributed by atoms with Gasteiger partial charge in [-0.25, -0.2) is 0 Å². The third-order valence-corrected chi connectivity index (χ3v) is 3.72. The molecule has 0 bridgehead atoms. The Bertz CT molecular complexity index is 438. The zero-order chi connectivity index (χ0) is 13.1. The number of piperidine rings is 1. The third kappa shape index (κ3) is 2.72. The van der Waals surface area contributed by atoms with Gasteiger partial charge in [-0.3, -0.25) is 9.78 Å².